The van der Waals surface area contributed by atoms with Gasteiger partial charge >= 0.3 is 12.1 Å². The Hall–Kier alpha value is -3.78. The standard InChI is InChI=1S/C25H16ClF3O5/c1-2-32-17-9-5-15(6-10-17)24(31)33-18-11-12-19-20(13-18)34-23(25(27,28)29)21(22(19)30)14-3-7-16(26)8-4-14/h3-13H,2H2,1H3. The molecule has 0 spiro atoms. The smallest absolute Gasteiger partial charge is 0.450 e. The molecule has 0 saturated carbocycles. The Morgan fingerprint density at radius 3 is 2.24 bits per heavy atom. The van der Waals surface area contributed by atoms with Crippen molar-refractivity contribution < 1.29 is 31.9 Å². The van der Waals surface area contributed by atoms with Gasteiger partial charge in [-0.1, -0.05) is 23.7 Å². The number of alkyl halides is 3. The number of carbonyl (C=O) groups excluding carboxylic acids is 1. The van der Waals surface area contributed by atoms with Crippen LogP contribution in [0.3, 0.4) is 0 Å². The van der Waals surface area contributed by atoms with E-state index in [2.05, 4.69) is 0 Å². The summed E-state index contributed by atoms with van der Waals surface area (Å²) in [5.74, 6) is -1.70. The van der Waals surface area contributed by atoms with Crippen molar-refractivity contribution in [1.29, 1.82) is 0 Å². The maximum atomic E-state index is 13.8. The van der Waals surface area contributed by atoms with Gasteiger partial charge in [0.15, 0.2) is 0 Å². The fourth-order valence-corrected chi connectivity index (χ4v) is 3.46. The topological polar surface area (TPSA) is 65.7 Å². The summed E-state index contributed by atoms with van der Waals surface area (Å²) in [6.07, 6.45) is -4.95. The largest absolute Gasteiger partial charge is 0.494 e. The summed E-state index contributed by atoms with van der Waals surface area (Å²) in [4.78, 5) is 25.4. The van der Waals surface area contributed by atoms with Crippen molar-refractivity contribution in [2.45, 2.75) is 13.1 Å². The van der Waals surface area contributed by atoms with E-state index in [-0.39, 0.29) is 27.8 Å². The van der Waals surface area contributed by atoms with E-state index in [1.807, 2.05) is 6.92 Å². The normalized spacial score (nSPS) is 11.4. The van der Waals surface area contributed by atoms with Gasteiger partial charge < -0.3 is 13.9 Å². The molecule has 0 bridgehead atoms. The number of hydrogen-bond acceptors (Lipinski definition) is 5. The summed E-state index contributed by atoms with van der Waals surface area (Å²) < 4.78 is 57.1. The second-order valence-electron chi connectivity index (χ2n) is 7.14. The van der Waals surface area contributed by atoms with E-state index in [4.69, 9.17) is 25.5 Å². The Kier molecular flexibility index (Phi) is 6.34. The number of esters is 1. The third-order valence-corrected chi connectivity index (χ3v) is 5.12. The van der Waals surface area contributed by atoms with Crippen molar-refractivity contribution in [3.63, 3.8) is 0 Å². The molecule has 0 aliphatic carbocycles. The lowest BCUT2D eigenvalue weighted by Gasteiger charge is -2.13. The second-order valence-corrected chi connectivity index (χ2v) is 7.58. The number of fused-ring (bicyclic) bond motifs is 1. The third kappa shape index (κ3) is 4.77. The van der Waals surface area contributed by atoms with Gasteiger partial charge in [0.1, 0.15) is 17.1 Å². The van der Waals surface area contributed by atoms with E-state index in [1.54, 1.807) is 12.1 Å². The summed E-state index contributed by atoms with van der Waals surface area (Å²) in [6.45, 7) is 2.29. The molecule has 0 N–H and O–H groups in total. The van der Waals surface area contributed by atoms with Crippen molar-refractivity contribution >= 4 is 28.5 Å². The van der Waals surface area contributed by atoms with Crippen LogP contribution < -0.4 is 14.9 Å². The number of rotatable bonds is 5. The minimum absolute atomic E-state index is 0.0124. The quantitative estimate of drug-likeness (QED) is 0.229. The molecule has 5 nitrogen and oxygen atoms in total. The average molecular weight is 489 g/mol. The van der Waals surface area contributed by atoms with Gasteiger partial charge in [-0.3, -0.25) is 4.79 Å². The molecule has 0 saturated heterocycles. The molecule has 0 aliphatic heterocycles. The van der Waals surface area contributed by atoms with Crippen molar-refractivity contribution in [3.8, 4) is 22.6 Å². The zero-order chi connectivity index (χ0) is 24.5. The summed E-state index contributed by atoms with van der Waals surface area (Å²) in [7, 11) is 0. The van der Waals surface area contributed by atoms with E-state index >= 15 is 0 Å². The van der Waals surface area contributed by atoms with E-state index in [0.29, 0.717) is 17.4 Å². The predicted octanol–water partition coefficient (Wildman–Crippen LogP) is 6.75. The van der Waals surface area contributed by atoms with Crippen LogP contribution in [0.4, 0.5) is 13.2 Å². The average Bonchev–Trinajstić information content (AvgIpc) is 2.80. The SMILES string of the molecule is CCOc1ccc(C(=O)Oc2ccc3c(=O)c(-c4ccc(Cl)cc4)c(C(F)(F)F)oc3c2)cc1. The molecule has 0 fully saturated rings. The Morgan fingerprint density at radius 2 is 1.62 bits per heavy atom. The Morgan fingerprint density at radius 1 is 0.971 bits per heavy atom. The summed E-state index contributed by atoms with van der Waals surface area (Å²) in [6, 6.07) is 15.2. The van der Waals surface area contributed by atoms with Crippen LogP contribution in [0.1, 0.15) is 23.0 Å². The third-order valence-electron chi connectivity index (χ3n) is 4.87. The van der Waals surface area contributed by atoms with Crippen LogP contribution in [0.5, 0.6) is 11.5 Å². The monoisotopic (exact) mass is 488 g/mol. The molecule has 9 heteroatoms. The van der Waals surface area contributed by atoms with E-state index < -0.39 is 28.9 Å². The fraction of sp³-hybridized carbons (Fsp3) is 0.120. The number of hydrogen-bond donors (Lipinski definition) is 0. The maximum Gasteiger partial charge on any atom is 0.450 e. The Balaban J connectivity index is 1.74. The first kappa shape index (κ1) is 23.4. The van der Waals surface area contributed by atoms with Crippen molar-refractivity contribution in [2.75, 3.05) is 6.61 Å². The van der Waals surface area contributed by atoms with Crippen molar-refractivity contribution in [2.24, 2.45) is 0 Å². The molecular formula is C25H16ClF3O5. The second kappa shape index (κ2) is 9.23. The highest BCUT2D eigenvalue weighted by atomic mass is 35.5. The summed E-state index contributed by atoms with van der Waals surface area (Å²) in [5.41, 5.74) is -1.65. The lowest BCUT2D eigenvalue weighted by Crippen LogP contribution is -2.16. The van der Waals surface area contributed by atoms with Crippen LogP contribution in [0.2, 0.25) is 5.02 Å². The zero-order valence-corrected chi connectivity index (χ0v) is 18.4. The van der Waals surface area contributed by atoms with E-state index in [1.165, 1.54) is 48.5 Å². The van der Waals surface area contributed by atoms with Gasteiger partial charge in [-0.15, -0.1) is 0 Å². The molecule has 3 aromatic carbocycles. The Labute approximate surface area is 196 Å². The first-order valence-electron chi connectivity index (χ1n) is 10.1. The number of halogens is 4. The van der Waals surface area contributed by atoms with Crippen LogP contribution in [-0.4, -0.2) is 12.6 Å². The Bertz CT molecular complexity index is 1410. The molecule has 1 heterocycles. The van der Waals surface area contributed by atoms with Crippen LogP contribution in [0, 0.1) is 0 Å². The van der Waals surface area contributed by atoms with Gasteiger partial charge in [-0.2, -0.15) is 13.2 Å². The van der Waals surface area contributed by atoms with E-state index in [9.17, 15) is 22.8 Å². The number of benzene rings is 3. The molecular weight excluding hydrogens is 473 g/mol. The van der Waals surface area contributed by atoms with Gasteiger partial charge in [0.05, 0.1) is 23.1 Å². The molecule has 4 aromatic rings. The fourth-order valence-electron chi connectivity index (χ4n) is 3.34. The van der Waals surface area contributed by atoms with Gasteiger partial charge in [0.25, 0.3) is 0 Å². The van der Waals surface area contributed by atoms with Crippen LogP contribution in [-0.2, 0) is 6.18 Å². The van der Waals surface area contributed by atoms with Crippen LogP contribution in [0.25, 0.3) is 22.1 Å². The molecule has 0 atom stereocenters. The molecule has 34 heavy (non-hydrogen) atoms. The highest BCUT2D eigenvalue weighted by Crippen LogP contribution is 2.38. The molecule has 174 valence electrons. The first-order valence-corrected chi connectivity index (χ1v) is 10.4. The molecule has 0 aliphatic rings. The molecule has 1 aromatic heterocycles. The predicted molar refractivity (Wildman–Crippen MR) is 121 cm³/mol. The van der Waals surface area contributed by atoms with Crippen LogP contribution >= 0.6 is 11.6 Å². The summed E-state index contributed by atoms with van der Waals surface area (Å²) in [5, 5.41) is 0.209. The first-order chi connectivity index (χ1) is 16.2. The minimum atomic E-state index is -4.95. The van der Waals surface area contributed by atoms with Gasteiger partial charge in [0, 0.05) is 11.1 Å². The lowest BCUT2D eigenvalue weighted by atomic mass is 10.0. The summed E-state index contributed by atoms with van der Waals surface area (Å²) >= 11 is 5.82. The molecule has 0 radical (unpaired) electrons. The van der Waals surface area contributed by atoms with E-state index in [0.717, 1.165) is 6.07 Å². The highest BCUT2D eigenvalue weighted by Gasteiger charge is 2.39. The zero-order valence-electron chi connectivity index (χ0n) is 17.6. The minimum Gasteiger partial charge on any atom is -0.494 e. The van der Waals surface area contributed by atoms with Crippen LogP contribution in [0.15, 0.2) is 75.9 Å². The van der Waals surface area contributed by atoms with Gasteiger partial charge in [-0.25, -0.2) is 4.79 Å². The van der Waals surface area contributed by atoms with Gasteiger partial charge in [0.2, 0.25) is 11.2 Å². The lowest BCUT2D eigenvalue weighted by molar-refractivity contribution is -0.152. The van der Waals surface area contributed by atoms with Crippen molar-refractivity contribution in [1.82, 2.24) is 0 Å². The molecule has 0 amide bonds. The molecule has 0 unspecified atom stereocenters. The van der Waals surface area contributed by atoms with Crippen molar-refractivity contribution in [3.05, 3.63) is 93.3 Å². The van der Waals surface area contributed by atoms with Gasteiger partial charge in [-0.05, 0) is 61.0 Å². The number of carbonyl (C=O) groups is 1. The molecule has 4 rings (SSSR count). The highest BCUT2D eigenvalue weighted by molar-refractivity contribution is 6.30. The maximum absolute atomic E-state index is 13.8. The number of ether oxygens (including phenoxy) is 2.